The van der Waals surface area contributed by atoms with E-state index in [2.05, 4.69) is 10.4 Å². The van der Waals surface area contributed by atoms with Crippen LogP contribution in [0.1, 0.15) is 15.9 Å². The predicted octanol–water partition coefficient (Wildman–Crippen LogP) is 3.75. The Labute approximate surface area is 159 Å². The number of carbonyl (C=O) groups excluding carboxylic acids is 1. The summed E-state index contributed by atoms with van der Waals surface area (Å²) in [5.41, 5.74) is 0.775. The molecule has 3 aromatic rings. The second-order valence-electron chi connectivity index (χ2n) is 5.60. The number of hydrogen-bond acceptors (Lipinski definition) is 5. The molecule has 1 amide bonds. The molecule has 27 heavy (non-hydrogen) atoms. The quantitative estimate of drug-likeness (QED) is 0.513. The van der Waals surface area contributed by atoms with Gasteiger partial charge in [0, 0.05) is 22.7 Å². The Balaban J connectivity index is 1.80. The monoisotopic (exact) mass is 386 g/mol. The van der Waals surface area contributed by atoms with Gasteiger partial charge in [-0.05, 0) is 29.8 Å². The smallest absolute Gasteiger partial charge is 0.311 e. The van der Waals surface area contributed by atoms with Gasteiger partial charge in [0.15, 0.2) is 5.75 Å². The van der Waals surface area contributed by atoms with E-state index in [0.29, 0.717) is 17.4 Å². The minimum Gasteiger partial charge on any atom is -0.490 e. The lowest BCUT2D eigenvalue weighted by Gasteiger charge is -2.10. The van der Waals surface area contributed by atoms with Crippen LogP contribution in [0, 0.1) is 10.1 Å². The van der Waals surface area contributed by atoms with E-state index in [1.165, 1.54) is 25.3 Å². The molecule has 1 N–H and O–H groups in total. The van der Waals surface area contributed by atoms with Gasteiger partial charge in [-0.15, -0.1) is 0 Å². The summed E-state index contributed by atoms with van der Waals surface area (Å²) in [6.07, 6.45) is 1.55. The fraction of sp³-hybridized carbons (Fsp3) is 0.111. The topological polar surface area (TPSA) is 99.3 Å². The van der Waals surface area contributed by atoms with E-state index in [9.17, 15) is 14.9 Å². The summed E-state index contributed by atoms with van der Waals surface area (Å²) in [4.78, 5) is 23.0. The van der Waals surface area contributed by atoms with Crippen LogP contribution in [0.25, 0.3) is 0 Å². The largest absolute Gasteiger partial charge is 0.490 e. The molecular formula is C18H15ClN4O4. The molecule has 2 aromatic carbocycles. The fourth-order valence-electron chi connectivity index (χ4n) is 2.54. The summed E-state index contributed by atoms with van der Waals surface area (Å²) in [6, 6.07) is 13.0. The summed E-state index contributed by atoms with van der Waals surface area (Å²) >= 11 is 5.99. The van der Waals surface area contributed by atoms with Crippen molar-refractivity contribution in [3.63, 3.8) is 0 Å². The van der Waals surface area contributed by atoms with Crippen LogP contribution in [0.2, 0.25) is 5.02 Å². The first kappa shape index (κ1) is 18.4. The van der Waals surface area contributed by atoms with E-state index in [4.69, 9.17) is 16.3 Å². The van der Waals surface area contributed by atoms with Crippen molar-refractivity contribution in [3.8, 4) is 5.75 Å². The maximum Gasteiger partial charge on any atom is 0.311 e. The predicted molar refractivity (Wildman–Crippen MR) is 100 cm³/mol. The van der Waals surface area contributed by atoms with Crippen LogP contribution in [0.5, 0.6) is 5.75 Å². The molecule has 0 aliphatic heterocycles. The first-order chi connectivity index (χ1) is 13.0. The van der Waals surface area contributed by atoms with Gasteiger partial charge in [-0.1, -0.05) is 23.7 Å². The van der Waals surface area contributed by atoms with E-state index in [1.54, 1.807) is 23.0 Å². The Bertz CT molecular complexity index is 1000. The Morgan fingerprint density at radius 1 is 1.30 bits per heavy atom. The highest BCUT2D eigenvalue weighted by atomic mass is 35.5. The molecule has 0 saturated carbocycles. The van der Waals surface area contributed by atoms with Gasteiger partial charge in [0.25, 0.3) is 5.91 Å². The zero-order valence-corrected chi connectivity index (χ0v) is 15.0. The third kappa shape index (κ3) is 4.24. The van der Waals surface area contributed by atoms with Crippen LogP contribution in [0.15, 0.2) is 54.7 Å². The van der Waals surface area contributed by atoms with Gasteiger partial charge >= 0.3 is 5.69 Å². The maximum atomic E-state index is 12.5. The lowest BCUT2D eigenvalue weighted by molar-refractivity contribution is -0.385. The minimum absolute atomic E-state index is 0.0857. The normalized spacial score (nSPS) is 10.4. The number of nitrogens with zero attached hydrogens (tertiary/aromatic N) is 3. The van der Waals surface area contributed by atoms with E-state index < -0.39 is 10.8 Å². The van der Waals surface area contributed by atoms with Crippen molar-refractivity contribution in [1.29, 1.82) is 0 Å². The lowest BCUT2D eigenvalue weighted by atomic mass is 10.1. The van der Waals surface area contributed by atoms with Gasteiger partial charge in [-0.2, -0.15) is 5.10 Å². The number of nitro groups is 1. The first-order valence-electron chi connectivity index (χ1n) is 7.88. The molecule has 0 radical (unpaired) electrons. The van der Waals surface area contributed by atoms with Crippen molar-refractivity contribution in [2.45, 2.75) is 6.54 Å². The number of methoxy groups -OCH3 is 1. The Morgan fingerprint density at radius 3 is 2.81 bits per heavy atom. The average Bonchev–Trinajstić information content (AvgIpc) is 3.07. The molecule has 138 valence electrons. The number of nitrogens with one attached hydrogen (secondary N) is 1. The van der Waals surface area contributed by atoms with Crippen molar-refractivity contribution in [2.75, 3.05) is 12.4 Å². The maximum absolute atomic E-state index is 12.5. The van der Waals surface area contributed by atoms with Crippen molar-refractivity contribution in [1.82, 2.24) is 9.78 Å². The summed E-state index contributed by atoms with van der Waals surface area (Å²) in [5.74, 6) is 0.0505. The number of aromatic nitrogens is 2. The number of ether oxygens (including phenoxy) is 1. The van der Waals surface area contributed by atoms with E-state index in [-0.39, 0.29) is 17.0 Å². The molecule has 0 fully saturated rings. The summed E-state index contributed by atoms with van der Waals surface area (Å²) < 4.78 is 6.54. The van der Waals surface area contributed by atoms with Gasteiger partial charge in [0.05, 0.1) is 24.8 Å². The molecule has 1 aromatic heterocycles. The zero-order chi connectivity index (χ0) is 19.4. The number of benzene rings is 2. The average molecular weight is 387 g/mol. The van der Waals surface area contributed by atoms with Crippen molar-refractivity contribution < 1.29 is 14.5 Å². The molecule has 3 rings (SSSR count). The highest BCUT2D eigenvalue weighted by Gasteiger charge is 2.19. The second kappa shape index (κ2) is 7.88. The fourth-order valence-corrected chi connectivity index (χ4v) is 2.75. The van der Waals surface area contributed by atoms with Gasteiger partial charge in [0.1, 0.15) is 5.82 Å². The summed E-state index contributed by atoms with van der Waals surface area (Å²) in [6.45, 7) is 0.409. The van der Waals surface area contributed by atoms with E-state index in [0.717, 1.165) is 5.56 Å². The number of amides is 1. The van der Waals surface area contributed by atoms with Crippen LogP contribution < -0.4 is 10.1 Å². The van der Waals surface area contributed by atoms with E-state index >= 15 is 0 Å². The summed E-state index contributed by atoms with van der Waals surface area (Å²) in [5, 5.41) is 18.6. The number of nitro benzene ring substituents is 1. The molecular weight excluding hydrogens is 372 g/mol. The molecule has 0 aliphatic rings. The van der Waals surface area contributed by atoms with Crippen LogP contribution in [0.4, 0.5) is 11.5 Å². The van der Waals surface area contributed by atoms with Gasteiger partial charge in [0.2, 0.25) is 0 Å². The molecule has 0 bridgehead atoms. The SMILES string of the molecule is COc1ccc(C(=O)Nc2ccnn2Cc2cccc(Cl)c2)cc1[N+](=O)[O-]. The van der Waals surface area contributed by atoms with Gasteiger partial charge in [-0.3, -0.25) is 14.9 Å². The molecule has 0 aliphatic carbocycles. The number of hydrogen-bond donors (Lipinski definition) is 1. The standard InChI is InChI=1S/C18H15ClN4O4/c1-27-16-6-5-13(10-15(16)23(25)26)18(24)21-17-7-8-20-22(17)11-12-3-2-4-14(19)9-12/h2-10H,11H2,1H3,(H,21,24). The number of anilines is 1. The number of carbonyl (C=O) groups is 1. The van der Waals surface area contributed by atoms with Crippen molar-refractivity contribution in [2.24, 2.45) is 0 Å². The lowest BCUT2D eigenvalue weighted by Crippen LogP contribution is -2.16. The van der Waals surface area contributed by atoms with Gasteiger partial charge < -0.3 is 10.1 Å². The van der Waals surface area contributed by atoms with Crippen LogP contribution in [0.3, 0.4) is 0 Å². The Morgan fingerprint density at radius 2 is 2.11 bits per heavy atom. The second-order valence-corrected chi connectivity index (χ2v) is 6.04. The zero-order valence-electron chi connectivity index (χ0n) is 14.3. The molecule has 8 nitrogen and oxygen atoms in total. The first-order valence-corrected chi connectivity index (χ1v) is 8.26. The minimum atomic E-state index is -0.598. The highest BCUT2D eigenvalue weighted by molar-refractivity contribution is 6.30. The van der Waals surface area contributed by atoms with Crippen LogP contribution in [-0.2, 0) is 6.54 Å². The summed E-state index contributed by atoms with van der Waals surface area (Å²) in [7, 11) is 1.33. The molecule has 1 heterocycles. The Hall–Kier alpha value is -3.39. The molecule has 0 unspecified atom stereocenters. The van der Waals surface area contributed by atoms with E-state index in [1.807, 2.05) is 18.2 Å². The molecule has 9 heteroatoms. The Kier molecular flexibility index (Phi) is 5.37. The third-order valence-electron chi connectivity index (χ3n) is 3.82. The molecule has 0 saturated heterocycles. The van der Waals surface area contributed by atoms with Gasteiger partial charge in [-0.25, -0.2) is 4.68 Å². The van der Waals surface area contributed by atoms with Crippen molar-refractivity contribution >= 4 is 29.0 Å². The number of halogens is 1. The van der Waals surface area contributed by atoms with Crippen LogP contribution in [-0.4, -0.2) is 27.7 Å². The third-order valence-corrected chi connectivity index (χ3v) is 4.05. The molecule has 0 atom stereocenters. The van der Waals surface area contributed by atoms with Crippen molar-refractivity contribution in [3.05, 3.63) is 81.0 Å². The van der Waals surface area contributed by atoms with Crippen LogP contribution >= 0.6 is 11.6 Å². The number of rotatable bonds is 6. The highest BCUT2D eigenvalue weighted by Crippen LogP contribution is 2.28. The molecule has 0 spiro atoms.